The summed E-state index contributed by atoms with van der Waals surface area (Å²) < 4.78 is 28.3. The van der Waals surface area contributed by atoms with Gasteiger partial charge < -0.3 is 39.0 Å². The van der Waals surface area contributed by atoms with E-state index in [2.05, 4.69) is 106 Å². The van der Waals surface area contributed by atoms with E-state index < -0.39 is 67.3 Å². The SMILES string of the molecule is CC/C=C\C/C=C\C/C=C\C/C=C\C/C=C\CC(=O)OC(COC(=O)CCCCCCCCC/C=C\CCCCCCCC)COC1OC(C(=O)O)C(O)C(O)C1OC(=O)CCCCCCC/C=C\C/C=C\C/C=C\CC. The minimum atomic E-state index is -1.93. The van der Waals surface area contributed by atoms with Gasteiger partial charge >= 0.3 is 23.9 Å². The number of carbonyl (C=O) groups is 4. The minimum Gasteiger partial charge on any atom is -0.479 e. The lowest BCUT2D eigenvalue weighted by molar-refractivity contribution is -0.301. The van der Waals surface area contributed by atoms with E-state index in [9.17, 15) is 34.5 Å². The van der Waals surface area contributed by atoms with Crippen LogP contribution in [-0.4, -0.2) is 89.2 Å². The fourth-order valence-corrected chi connectivity index (χ4v) is 8.33. The number of allylic oxidation sites excluding steroid dienone is 17. The first-order valence-electron chi connectivity index (χ1n) is 29.9. The van der Waals surface area contributed by atoms with E-state index in [1.165, 1.54) is 57.8 Å². The Labute approximate surface area is 465 Å². The number of esters is 3. The molecule has 436 valence electrons. The van der Waals surface area contributed by atoms with Gasteiger partial charge in [-0.1, -0.05) is 214 Å². The zero-order valence-corrected chi connectivity index (χ0v) is 47.9. The molecular formula is C65H104O12. The number of carbonyl (C=O) groups excluding carboxylic acids is 3. The van der Waals surface area contributed by atoms with Crippen LogP contribution in [0.2, 0.25) is 0 Å². The maximum atomic E-state index is 13.1. The molecule has 77 heavy (non-hydrogen) atoms. The van der Waals surface area contributed by atoms with E-state index in [0.29, 0.717) is 19.3 Å². The number of ether oxygens (including phenoxy) is 5. The van der Waals surface area contributed by atoms with Gasteiger partial charge in [0, 0.05) is 12.8 Å². The van der Waals surface area contributed by atoms with Gasteiger partial charge in [-0.25, -0.2) is 4.79 Å². The standard InChI is InChI=1S/C65H104O12/c1-4-7-10-13-16-19-22-25-28-29-32-33-36-39-42-45-48-51-57(66)73-54-56(75-58(67)52-49-46-43-40-37-34-30-26-23-20-17-14-11-8-5-2)55-74-65-63(61(70)60(69)62(77-65)64(71)72)76-59(68)53-50-47-44-41-38-35-31-27-24-21-18-15-12-9-6-3/h8-9,11-12,17-18,20-21,25-28,30-31,37,40,46,49,56,60-63,65,69-70H,4-7,10,13-16,19,22-24,29,32-36,38-39,41-45,47-48,50-55H2,1-3H3,(H,71,72)/b11-8-,12-9-,20-17-,21-18-,28-25-,30-26-,31-27-,40-37-,49-46-. The monoisotopic (exact) mass is 1080 g/mol. The maximum Gasteiger partial charge on any atom is 0.335 e. The normalized spacial score (nSPS) is 18.8. The molecule has 1 aliphatic rings. The van der Waals surface area contributed by atoms with Crippen molar-refractivity contribution in [2.75, 3.05) is 13.2 Å². The lowest BCUT2D eigenvalue weighted by atomic mass is 9.98. The number of rotatable bonds is 49. The fraction of sp³-hybridized carbons (Fsp3) is 0.662. The molecule has 0 spiro atoms. The summed E-state index contributed by atoms with van der Waals surface area (Å²) in [6.07, 6.45) is 58.0. The van der Waals surface area contributed by atoms with Crippen molar-refractivity contribution in [1.82, 2.24) is 0 Å². The molecule has 1 saturated heterocycles. The second-order valence-electron chi connectivity index (χ2n) is 19.9. The van der Waals surface area contributed by atoms with Gasteiger partial charge in [-0.05, 0) is 103 Å². The summed E-state index contributed by atoms with van der Waals surface area (Å²) in [5.74, 6) is -3.33. The molecule has 6 unspecified atom stereocenters. The van der Waals surface area contributed by atoms with Crippen LogP contribution in [0.1, 0.15) is 226 Å². The molecule has 1 heterocycles. The van der Waals surface area contributed by atoms with Crippen molar-refractivity contribution in [2.45, 2.75) is 263 Å². The number of aliphatic carboxylic acids is 1. The number of hydrogen-bond donors (Lipinski definition) is 3. The number of carboxylic acid groups (broad SMARTS) is 1. The first-order chi connectivity index (χ1) is 37.6. The highest BCUT2D eigenvalue weighted by Gasteiger charge is 2.50. The molecule has 0 amide bonds. The summed E-state index contributed by atoms with van der Waals surface area (Å²) in [6, 6.07) is 0. The van der Waals surface area contributed by atoms with E-state index in [4.69, 9.17) is 23.7 Å². The van der Waals surface area contributed by atoms with Crippen molar-refractivity contribution in [1.29, 1.82) is 0 Å². The van der Waals surface area contributed by atoms with Crippen molar-refractivity contribution in [3.8, 4) is 0 Å². The van der Waals surface area contributed by atoms with Gasteiger partial charge in [-0.2, -0.15) is 0 Å². The van der Waals surface area contributed by atoms with Crippen LogP contribution in [0.3, 0.4) is 0 Å². The van der Waals surface area contributed by atoms with Crippen molar-refractivity contribution < 1.29 is 58.2 Å². The third kappa shape index (κ3) is 42.1. The Balaban J connectivity index is 2.75. The molecule has 1 rings (SSSR count). The smallest absolute Gasteiger partial charge is 0.335 e. The van der Waals surface area contributed by atoms with Gasteiger partial charge in [0.1, 0.15) is 18.8 Å². The van der Waals surface area contributed by atoms with Crippen LogP contribution in [0.5, 0.6) is 0 Å². The van der Waals surface area contributed by atoms with Crippen molar-refractivity contribution in [3.05, 3.63) is 109 Å². The van der Waals surface area contributed by atoms with Crippen LogP contribution in [0.4, 0.5) is 0 Å². The molecule has 0 aromatic heterocycles. The van der Waals surface area contributed by atoms with Crippen molar-refractivity contribution in [2.24, 2.45) is 0 Å². The second-order valence-corrected chi connectivity index (χ2v) is 19.9. The van der Waals surface area contributed by atoms with Gasteiger partial charge in [-0.3, -0.25) is 14.4 Å². The van der Waals surface area contributed by atoms with Crippen LogP contribution < -0.4 is 0 Å². The van der Waals surface area contributed by atoms with Crippen LogP contribution in [0.25, 0.3) is 0 Å². The highest BCUT2D eigenvalue weighted by molar-refractivity contribution is 5.74. The summed E-state index contributed by atoms with van der Waals surface area (Å²) >= 11 is 0. The average Bonchev–Trinajstić information content (AvgIpc) is 3.43. The lowest BCUT2D eigenvalue weighted by Gasteiger charge is -2.40. The lowest BCUT2D eigenvalue weighted by Crippen LogP contribution is -2.61. The van der Waals surface area contributed by atoms with E-state index in [1.54, 1.807) is 6.08 Å². The van der Waals surface area contributed by atoms with E-state index in [1.807, 2.05) is 18.2 Å². The Bertz CT molecular complexity index is 1750. The Morgan fingerprint density at radius 2 is 0.857 bits per heavy atom. The fourth-order valence-electron chi connectivity index (χ4n) is 8.33. The third-order valence-corrected chi connectivity index (χ3v) is 12.8. The topological polar surface area (TPSA) is 175 Å². The highest BCUT2D eigenvalue weighted by atomic mass is 16.7. The summed E-state index contributed by atoms with van der Waals surface area (Å²) in [5.41, 5.74) is 0. The second kappa shape index (κ2) is 52.1. The predicted octanol–water partition coefficient (Wildman–Crippen LogP) is 15.4. The Kier molecular flexibility index (Phi) is 47.6. The van der Waals surface area contributed by atoms with Gasteiger partial charge in [0.25, 0.3) is 0 Å². The van der Waals surface area contributed by atoms with Gasteiger partial charge in [-0.15, -0.1) is 0 Å². The summed E-state index contributed by atoms with van der Waals surface area (Å²) in [7, 11) is 0. The largest absolute Gasteiger partial charge is 0.479 e. The summed E-state index contributed by atoms with van der Waals surface area (Å²) in [6.45, 7) is 5.66. The predicted molar refractivity (Wildman–Crippen MR) is 312 cm³/mol. The first kappa shape index (κ1) is 70.4. The molecule has 0 bridgehead atoms. The van der Waals surface area contributed by atoms with Gasteiger partial charge in [0.05, 0.1) is 13.0 Å². The zero-order valence-electron chi connectivity index (χ0n) is 47.9. The summed E-state index contributed by atoms with van der Waals surface area (Å²) in [5, 5.41) is 31.5. The van der Waals surface area contributed by atoms with Crippen molar-refractivity contribution >= 4 is 23.9 Å². The van der Waals surface area contributed by atoms with Crippen LogP contribution in [0.15, 0.2) is 109 Å². The molecule has 0 radical (unpaired) electrons. The highest BCUT2D eigenvalue weighted by Crippen LogP contribution is 2.26. The molecule has 0 aliphatic carbocycles. The molecule has 0 saturated carbocycles. The quantitative estimate of drug-likeness (QED) is 0.0228. The molecule has 0 aromatic rings. The number of aliphatic hydroxyl groups excluding tert-OH is 2. The van der Waals surface area contributed by atoms with E-state index in [0.717, 1.165) is 109 Å². The zero-order chi connectivity index (χ0) is 56.1. The molecule has 1 aliphatic heterocycles. The molecule has 6 atom stereocenters. The number of carboxylic acids is 1. The van der Waals surface area contributed by atoms with E-state index >= 15 is 0 Å². The molecule has 1 fully saturated rings. The number of unbranched alkanes of at least 4 members (excludes halogenated alkanes) is 18. The third-order valence-electron chi connectivity index (χ3n) is 12.8. The molecule has 3 N–H and O–H groups in total. The van der Waals surface area contributed by atoms with Gasteiger partial charge in [0.15, 0.2) is 24.6 Å². The Hall–Kier alpha value is -4.62. The molecule has 12 heteroatoms. The average molecular weight is 1080 g/mol. The van der Waals surface area contributed by atoms with Crippen LogP contribution >= 0.6 is 0 Å². The van der Waals surface area contributed by atoms with Crippen LogP contribution in [-0.2, 0) is 42.9 Å². The molecule has 0 aromatic carbocycles. The number of aliphatic hydroxyl groups is 2. The summed E-state index contributed by atoms with van der Waals surface area (Å²) in [4.78, 5) is 51.1. The Morgan fingerprint density at radius 3 is 1.32 bits per heavy atom. The number of hydrogen-bond acceptors (Lipinski definition) is 11. The van der Waals surface area contributed by atoms with Crippen LogP contribution in [0, 0.1) is 0 Å². The molecule has 12 nitrogen and oxygen atoms in total. The van der Waals surface area contributed by atoms with Crippen molar-refractivity contribution in [3.63, 3.8) is 0 Å². The minimum absolute atomic E-state index is 0.0251. The Morgan fingerprint density at radius 1 is 0.455 bits per heavy atom. The maximum absolute atomic E-state index is 13.1. The molecular weight excluding hydrogens is 973 g/mol. The van der Waals surface area contributed by atoms with Gasteiger partial charge in [0.2, 0.25) is 0 Å². The first-order valence-corrected chi connectivity index (χ1v) is 29.9. The van der Waals surface area contributed by atoms with E-state index in [-0.39, 0.29) is 25.9 Å².